The van der Waals surface area contributed by atoms with Gasteiger partial charge in [-0.05, 0) is 45.6 Å². The summed E-state index contributed by atoms with van der Waals surface area (Å²) in [6, 6.07) is 0.616. The third kappa shape index (κ3) is 3.45. The van der Waals surface area contributed by atoms with Crippen molar-refractivity contribution < 1.29 is 4.79 Å². The molecule has 2 saturated heterocycles. The lowest BCUT2D eigenvalue weighted by Gasteiger charge is -2.26. The molecule has 0 aromatic carbocycles. The second kappa shape index (κ2) is 5.57. The summed E-state index contributed by atoms with van der Waals surface area (Å²) in [7, 11) is 0. The smallest absolute Gasteiger partial charge is 0.234 e. The number of nitrogens with one attached hydrogen (secondary N) is 2. The van der Waals surface area contributed by atoms with Crippen LogP contribution in [0.25, 0.3) is 0 Å². The van der Waals surface area contributed by atoms with Crippen molar-refractivity contribution in [1.82, 2.24) is 15.5 Å². The normalized spacial score (nSPS) is 29.1. The lowest BCUT2D eigenvalue weighted by molar-refractivity contribution is -0.123. The van der Waals surface area contributed by atoms with Crippen molar-refractivity contribution in [2.75, 3.05) is 26.2 Å². The molecule has 104 valence electrons. The summed E-state index contributed by atoms with van der Waals surface area (Å²) >= 11 is 0. The first-order chi connectivity index (χ1) is 8.50. The highest BCUT2D eigenvalue weighted by Crippen LogP contribution is 2.24. The minimum Gasteiger partial charge on any atom is -0.350 e. The van der Waals surface area contributed by atoms with Crippen molar-refractivity contribution in [1.29, 1.82) is 0 Å². The minimum atomic E-state index is -0.0815. The molecule has 0 radical (unpaired) electrons. The number of carbonyl (C=O) groups excluding carboxylic acids is 1. The van der Waals surface area contributed by atoms with E-state index in [0.717, 1.165) is 32.0 Å². The standard InChI is InChI=1S/C14H27N3O/c1-4-14(2,3)16-13(18)10-17-8-11-6-5-7-15-12(11)9-17/h11-12,15H,4-10H2,1-3H3,(H,16,18)/t11-,12+/m0/s1. The molecule has 0 aromatic heterocycles. The molecular weight excluding hydrogens is 226 g/mol. The average Bonchev–Trinajstić information content (AvgIpc) is 2.70. The molecule has 2 N–H and O–H groups in total. The molecule has 2 aliphatic heterocycles. The predicted octanol–water partition coefficient (Wildman–Crippen LogP) is 0.975. The Labute approximate surface area is 110 Å². The molecule has 2 fully saturated rings. The zero-order valence-corrected chi connectivity index (χ0v) is 12.0. The summed E-state index contributed by atoms with van der Waals surface area (Å²) in [5, 5.41) is 6.68. The van der Waals surface area contributed by atoms with Crippen LogP contribution in [0.4, 0.5) is 0 Å². The third-order valence-corrected chi connectivity index (χ3v) is 4.40. The van der Waals surface area contributed by atoms with Gasteiger partial charge in [0.25, 0.3) is 0 Å². The van der Waals surface area contributed by atoms with Crippen LogP contribution in [0.2, 0.25) is 0 Å². The molecule has 0 saturated carbocycles. The van der Waals surface area contributed by atoms with E-state index in [4.69, 9.17) is 0 Å². The second-order valence-corrected chi connectivity index (χ2v) is 6.44. The Kier molecular flexibility index (Phi) is 4.28. The fourth-order valence-corrected chi connectivity index (χ4v) is 2.97. The molecule has 0 bridgehead atoms. The van der Waals surface area contributed by atoms with Crippen molar-refractivity contribution in [3.8, 4) is 0 Å². The van der Waals surface area contributed by atoms with Gasteiger partial charge in [0.1, 0.15) is 0 Å². The van der Waals surface area contributed by atoms with Crippen molar-refractivity contribution >= 4 is 5.91 Å². The largest absolute Gasteiger partial charge is 0.350 e. The highest BCUT2D eigenvalue weighted by Gasteiger charge is 2.35. The second-order valence-electron chi connectivity index (χ2n) is 6.44. The van der Waals surface area contributed by atoms with Crippen LogP contribution in [-0.4, -0.2) is 48.6 Å². The van der Waals surface area contributed by atoms with E-state index in [1.807, 2.05) is 0 Å². The zero-order valence-electron chi connectivity index (χ0n) is 12.0. The lowest BCUT2D eigenvalue weighted by atomic mass is 9.94. The molecule has 0 unspecified atom stereocenters. The van der Waals surface area contributed by atoms with Gasteiger partial charge in [-0.2, -0.15) is 0 Å². The van der Waals surface area contributed by atoms with Crippen molar-refractivity contribution in [3.05, 3.63) is 0 Å². The van der Waals surface area contributed by atoms with Gasteiger partial charge in [0.15, 0.2) is 0 Å². The fourth-order valence-electron chi connectivity index (χ4n) is 2.97. The van der Waals surface area contributed by atoms with Crippen molar-refractivity contribution in [2.24, 2.45) is 5.92 Å². The quantitative estimate of drug-likeness (QED) is 0.785. The number of hydrogen-bond donors (Lipinski definition) is 2. The summed E-state index contributed by atoms with van der Waals surface area (Å²) < 4.78 is 0. The number of amides is 1. The van der Waals surface area contributed by atoms with E-state index in [0.29, 0.717) is 12.6 Å². The molecule has 2 atom stereocenters. The van der Waals surface area contributed by atoms with Gasteiger partial charge in [-0.15, -0.1) is 0 Å². The number of fused-ring (bicyclic) bond motifs is 1. The van der Waals surface area contributed by atoms with Crippen LogP contribution >= 0.6 is 0 Å². The molecule has 0 aliphatic carbocycles. The molecule has 18 heavy (non-hydrogen) atoms. The van der Waals surface area contributed by atoms with E-state index in [2.05, 4.69) is 36.3 Å². The van der Waals surface area contributed by atoms with Crippen LogP contribution in [0.5, 0.6) is 0 Å². The molecule has 2 heterocycles. The van der Waals surface area contributed by atoms with Crippen LogP contribution in [-0.2, 0) is 4.79 Å². The van der Waals surface area contributed by atoms with Gasteiger partial charge in [0, 0.05) is 24.7 Å². The number of likely N-dealkylation sites (tertiary alicyclic amines) is 1. The maximum absolute atomic E-state index is 12.0. The van der Waals surface area contributed by atoms with Crippen molar-refractivity contribution in [3.63, 3.8) is 0 Å². The number of nitrogens with zero attached hydrogens (tertiary/aromatic N) is 1. The van der Waals surface area contributed by atoms with Gasteiger partial charge < -0.3 is 10.6 Å². The Morgan fingerprint density at radius 2 is 2.22 bits per heavy atom. The summed E-state index contributed by atoms with van der Waals surface area (Å²) in [5.41, 5.74) is -0.0815. The molecule has 0 aromatic rings. The SMILES string of the molecule is CCC(C)(C)NC(=O)CN1C[C@@H]2CCCN[C@@H]2C1. The predicted molar refractivity (Wildman–Crippen MR) is 73.5 cm³/mol. The van der Waals surface area contributed by atoms with Gasteiger partial charge in [0.05, 0.1) is 6.54 Å². The topological polar surface area (TPSA) is 44.4 Å². The third-order valence-electron chi connectivity index (χ3n) is 4.40. The van der Waals surface area contributed by atoms with E-state index in [1.165, 1.54) is 12.8 Å². The minimum absolute atomic E-state index is 0.0815. The zero-order chi connectivity index (χ0) is 13.2. The van der Waals surface area contributed by atoms with Crippen LogP contribution in [0.15, 0.2) is 0 Å². The number of carbonyl (C=O) groups is 1. The summed E-state index contributed by atoms with van der Waals surface area (Å²) in [6.45, 7) is 10.1. The molecule has 4 nitrogen and oxygen atoms in total. The number of hydrogen-bond acceptors (Lipinski definition) is 3. The number of piperidine rings is 1. The highest BCUT2D eigenvalue weighted by molar-refractivity contribution is 5.78. The van der Waals surface area contributed by atoms with Gasteiger partial charge in [-0.25, -0.2) is 0 Å². The van der Waals surface area contributed by atoms with Gasteiger partial charge in [-0.3, -0.25) is 9.69 Å². The van der Waals surface area contributed by atoms with E-state index in [9.17, 15) is 4.79 Å². The van der Waals surface area contributed by atoms with Crippen molar-refractivity contribution in [2.45, 2.75) is 51.6 Å². The number of rotatable bonds is 4. The first kappa shape index (κ1) is 13.8. The first-order valence-electron chi connectivity index (χ1n) is 7.27. The molecule has 0 spiro atoms. The lowest BCUT2D eigenvalue weighted by Crippen LogP contribution is -2.47. The monoisotopic (exact) mass is 253 g/mol. The Hall–Kier alpha value is -0.610. The van der Waals surface area contributed by atoms with Crippen LogP contribution in [0.1, 0.15) is 40.0 Å². The average molecular weight is 253 g/mol. The maximum atomic E-state index is 12.0. The molecular formula is C14H27N3O. The van der Waals surface area contributed by atoms with Gasteiger partial charge in [0.2, 0.25) is 5.91 Å². The molecule has 1 amide bonds. The fraction of sp³-hybridized carbons (Fsp3) is 0.929. The van der Waals surface area contributed by atoms with Crippen LogP contribution < -0.4 is 10.6 Å². The Bertz CT molecular complexity index is 289. The van der Waals surface area contributed by atoms with Gasteiger partial charge >= 0.3 is 0 Å². The van der Waals surface area contributed by atoms with Crippen LogP contribution in [0.3, 0.4) is 0 Å². The van der Waals surface area contributed by atoms with Crippen LogP contribution in [0, 0.1) is 5.92 Å². The summed E-state index contributed by atoms with van der Waals surface area (Å²) in [4.78, 5) is 14.3. The highest BCUT2D eigenvalue weighted by atomic mass is 16.2. The summed E-state index contributed by atoms with van der Waals surface area (Å²) in [6.07, 6.45) is 3.56. The summed E-state index contributed by atoms with van der Waals surface area (Å²) in [5.74, 6) is 0.922. The maximum Gasteiger partial charge on any atom is 0.234 e. The van der Waals surface area contributed by atoms with E-state index < -0.39 is 0 Å². The van der Waals surface area contributed by atoms with E-state index in [-0.39, 0.29) is 11.4 Å². The molecule has 2 rings (SSSR count). The Balaban J connectivity index is 1.78. The Morgan fingerprint density at radius 1 is 1.44 bits per heavy atom. The Morgan fingerprint density at radius 3 is 2.89 bits per heavy atom. The van der Waals surface area contributed by atoms with Gasteiger partial charge in [-0.1, -0.05) is 6.92 Å². The van der Waals surface area contributed by atoms with E-state index in [1.54, 1.807) is 0 Å². The molecule has 2 aliphatic rings. The van der Waals surface area contributed by atoms with E-state index >= 15 is 0 Å². The molecule has 4 heteroatoms. The first-order valence-corrected chi connectivity index (χ1v) is 7.27.